The largest absolute Gasteiger partial charge is 0.493 e. The lowest BCUT2D eigenvalue weighted by atomic mass is 10.1. The van der Waals surface area contributed by atoms with E-state index in [4.69, 9.17) is 29.0 Å². The molecule has 10 heteroatoms. The van der Waals surface area contributed by atoms with E-state index in [9.17, 15) is 0 Å². The number of rotatable bonds is 9. The van der Waals surface area contributed by atoms with Crippen LogP contribution in [0.25, 0.3) is 17.2 Å². The first-order valence-electron chi connectivity index (χ1n) is 13.8. The maximum atomic E-state index is 5.61. The second-order valence-electron chi connectivity index (χ2n) is 10.4. The number of furan rings is 1. The predicted molar refractivity (Wildman–Crippen MR) is 159 cm³/mol. The van der Waals surface area contributed by atoms with Gasteiger partial charge in [-0.25, -0.2) is 9.97 Å². The van der Waals surface area contributed by atoms with Crippen molar-refractivity contribution >= 4 is 17.3 Å². The van der Waals surface area contributed by atoms with Crippen LogP contribution < -0.4 is 19.7 Å². The zero-order valence-electron chi connectivity index (χ0n) is 23.9. The zero-order chi connectivity index (χ0) is 28.3. The van der Waals surface area contributed by atoms with Gasteiger partial charge in [-0.2, -0.15) is 4.52 Å². The van der Waals surface area contributed by atoms with Crippen molar-refractivity contribution in [1.82, 2.24) is 24.5 Å². The Hall–Kier alpha value is -4.57. The Kier molecular flexibility index (Phi) is 7.47. The van der Waals surface area contributed by atoms with Gasteiger partial charge in [0.05, 0.1) is 20.5 Å². The highest BCUT2D eigenvalue weighted by Crippen LogP contribution is 2.28. The van der Waals surface area contributed by atoms with Gasteiger partial charge >= 0.3 is 0 Å². The van der Waals surface area contributed by atoms with E-state index < -0.39 is 0 Å². The van der Waals surface area contributed by atoms with Gasteiger partial charge in [0.15, 0.2) is 22.9 Å². The SMILES string of the molecule is COc1ccc(CNc2ncc(CN3CCN(c4cccc(C)c4)C(C)C3)c3nc(-c4ccco4)nn23)cc1OC. The molecular formula is C31H35N7O3. The van der Waals surface area contributed by atoms with Gasteiger partial charge in [-0.15, -0.1) is 5.10 Å². The van der Waals surface area contributed by atoms with Crippen LogP contribution in [0.5, 0.6) is 11.5 Å². The lowest BCUT2D eigenvalue weighted by Crippen LogP contribution is -2.51. The first kappa shape index (κ1) is 26.6. The summed E-state index contributed by atoms with van der Waals surface area (Å²) in [5.74, 6) is 3.11. The van der Waals surface area contributed by atoms with E-state index in [1.54, 1.807) is 25.0 Å². The van der Waals surface area contributed by atoms with Gasteiger partial charge in [0.25, 0.3) is 0 Å². The molecule has 10 nitrogen and oxygen atoms in total. The molecule has 1 unspecified atom stereocenters. The minimum Gasteiger partial charge on any atom is -0.493 e. The quantitative estimate of drug-likeness (QED) is 0.270. The van der Waals surface area contributed by atoms with E-state index in [1.165, 1.54) is 11.3 Å². The summed E-state index contributed by atoms with van der Waals surface area (Å²) in [6, 6.07) is 18.7. The number of benzene rings is 2. The minimum absolute atomic E-state index is 0.383. The average molecular weight is 554 g/mol. The van der Waals surface area contributed by atoms with E-state index in [0.29, 0.717) is 41.6 Å². The van der Waals surface area contributed by atoms with Crippen molar-refractivity contribution in [1.29, 1.82) is 0 Å². The summed E-state index contributed by atoms with van der Waals surface area (Å²) in [4.78, 5) is 14.6. The molecule has 1 fully saturated rings. The van der Waals surface area contributed by atoms with Gasteiger partial charge in [0, 0.05) is 56.2 Å². The maximum absolute atomic E-state index is 5.61. The van der Waals surface area contributed by atoms with Gasteiger partial charge in [-0.05, 0) is 61.4 Å². The Balaban J connectivity index is 1.24. The minimum atomic E-state index is 0.383. The monoisotopic (exact) mass is 553 g/mol. The molecule has 2 aromatic carbocycles. The summed E-state index contributed by atoms with van der Waals surface area (Å²) in [6.07, 6.45) is 3.54. The Labute approximate surface area is 239 Å². The van der Waals surface area contributed by atoms with Crippen molar-refractivity contribution in [2.45, 2.75) is 33.0 Å². The first-order valence-corrected chi connectivity index (χ1v) is 13.8. The van der Waals surface area contributed by atoms with E-state index in [0.717, 1.165) is 43.0 Å². The smallest absolute Gasteiger partial charge is 0.226 e. The van der Waals surface area contributed by atoms with E-state index in [1.807, 2.05) is 36.5 Å². The second kappa shape index (κ2) is 11.5. The fourth-order valence-corrected chi connectivity index (χ4v) is 5.44. The lowest BCUT2D eigenvalue weighted by molar-refractivity contribution is 0.221. The van der Waals surface area contributed by atoms with Crippen molar-refractivity contribution < 1.29 is 13.9 Å². The van der Waals surface area contributed by atoms with Crippen LogP contribution in [0.2, 0.25) is 0 Å². The summed E-state index contributed by atoms with van der Waals surface area (Å²) in [6.45, 7) is 8.54. The van der Waals surface area contributed by atoms with Crippen molar-refractivity contribution in [2.75, 3.05) is 44.1 Å². The van der Waals surface area contributed by atoms with Crippen molar-refractivity contribution in [2.24, 2.45) is 0 Å². The molecule has 1 N–H and O–H groups in total. The Bertz CT molecular complexity index is 1630. The summed E-state index contributed by atoms with van der Waals surface area (Å²) in [5.41, 5.74) is 5.36. The molecule has 212 valence electrons. The number of piperazine rings is 1. The highest BCUT2D eigenvalue weighted by atomic mass is 16.5. The fourth-order valence-electron chi connectivity index (χ4n) is 5.44. The molecule has 0 radical (unpaired) electrons. The number of hydrogen-bond acceptors (Lipinski definition) is 9. The number of aryl methyl sites for hydroxylation is 1. The molecule has 0 spiro atoms. The molecule has 1 atom stereocenters. The van der Waals surface area contributed by atoms with Crippen LogP contribution in [-0.2, 0) is 13.1 Å². The third-order valence-corrected chi connectivity index (χ3v) is 7.52. The standard InChI is InChI=1S/C31H35N7O3/c1-21-7-5-8-25(15-21)37-13-12-36(19-22(37)2)20-24-18-33-31(32-17-23-10-11-26(39-3)28(16-23)40-4)38-30(24)34-29(35-38)27-9-6-14-41-27/h5-11,14-16,18,22H,12-13,17,19-20H2,1-4H3,(H,32,33). The van der Waals surface area contributed by atoms with Gasteiger partial charge < -0.3 is 24.1 Å². The molecule has 1 saturated heterocycles. The molecule has 3 aromatic heterocycles. The number of ether oxygens (including phenoxy) is 2. The number of nitrogens with one attached hydrogen (secondary N) is 1. The summed E-state index contributed by atoms with van der Waals surface area (Å²) < 4.78 is 18.2. The molecule has 0 bridgehead atoms. The van der Waals surface area contributed by atoms with Gasteiger partial charge in [-0.3, -0.25) is 4.90 Å². The lowest BCUT2D eigenvalue weighted by Gasteiger charge is -2.41. The Morgan fingerprint density at radius 1 is 1.02 bits per heavy atom. The number of fused-ring (bicyclic) bond motifs is 1. The first-order chi connectivity index (χ1) is 20.0. The van der Waals surface area contributed by atoms with Crippen molar-refractivity contribution in [3.05, 3.63) is 83.7 Å². The van der Waals surface area contributed by atoms with Crippen molar-refractivity contribution in [3.8, 4) is 23.1 Å². The third kappa shape index (κ3) is 5.55. The number of nitrogens with zero attached hydrogens (tertiary/aromatic N) is 6. The molecule has 0 aliphatic carbocycles. The molecule has 5 aromatic rings. The Morgan fingerprint density at radius 3 is 2.66 bits per heavy atom. The topological polar surface area (TPSA) is 93.2 Å². The number of aromatic nitrogens is 4. The van der Waals surface area contributed by atoms with Crippen LogP contribution in [0.4, 0.5) is 11.6 Å². The summed E-state index contributed by atoms with van der Waals surface area (Å²) in [5, 5.41) is 8.19. The Morgan fingerprint density at radius 2 is 1.90 bits per heavy atom. The second-order valence-corrected chi connectivity index (χ2v) is 10.4. The molecule has 41 heavy (non-hydrogen) atoms. The molecule has 4 heterocycles. The molecule has 0 amide bonds. The number of anilines is 2. The van der Waals surface area contributed by atoms with E-state index in [-0.39, 0.29) is 0 Å². The maximum Gasteiger partial charge on any atom is 0.226 e. The van der Waals surface area contributed by atoms with Crippen LogP contribution in [-0.4, -0.2) is 64.4 Å². The van der Waals surface area contributed by atoms with Gasteiger partial charge in [-0.1, -0.05) is 18.2 Å². The molecule has 1 aliphatic rings. The number of hydrogen-bond donors (Lipinski definition) is 1. The van der Waals surface area contributed by atoms with Crippen LogP contribution in [0.15, 0.2) is 71.5 Å². The number of methoxy groups -OCH3 is 2. The van der Waals surface area contributed by atoms with Gasteiger partial charge in [0.2, 0.25) is 11.8 Å². The van der Waals surface area contributed by atoms with E-state index in [2.05, 4.69) is 53.2 Å². The van der Waals surface area contributed by atoms with Crippen LogP contribution in [0.1, 0.15) is 23.6 Å². The normalized spacial score (nSPS) is 15.8. The van der Waals surface area contributed by atoms with E-state index >= 15 is 0 Å². The van der Waals surface area contributed by atoms with Crippen LogP contribution >= 0.6 is 0 Å². The van der Waals surface area contributed by atoms with Crippen molar-refractivity contribution in [3.63, 3.8) is 0 Å². The molecule has 6 rings (SSSR count). The van der Waals surface area contributed by atoms with Gasteiger partial charge in [0.1, 0.15) is 0 Å². The highest BCUT2D eigenvalue weighted by molar-refractivity contribution is 5.58. The average Bonchev–Trinajstić information content (AvgIpc) is 3.68. The molecule has 1 aliphatic heterocycles. The molecular weight excluding hydrogens is 518 g/mol. The highest BCUT2D eigenvalue weighted by Gasteiger charge is 2.25. The van der Waals surface area contributed by atoms with Crippen LogP contribution in [0.3, 0.4) is 0 Å². The predicted octanol–water partition coefficient (Wildman–Crippen LogP) is 5.03. The summed E-state index contributed by atoms with van der Waals surface area (Å²) in [7, 11) is 3.26. The third-order valence-electron chi connectivity index (χ3n) is 7.52. The molecule has 0 saturated carbocycles. The summed E-state index contributed by atoms with van der Waals surface area (Å²) >= 11 is 0. The fraction of sp³-hybridized carbons (Fsp3) is 0.323. The zero-order valence-corrected chi connectivity index (χ0v) is 23.9. The van der Waals surface area contributed by atoms with Crippen LogP contribution in [0, 0.1) is 6.92 Å².